The van der Waals surface area contributed by atoms with Crippen molar-refractivity contribution in [3.8, 4) is 0 Å². The van der Waals surface area contributed by atoms with Gasteiger partial charge in [0.15, 0.2) is 0 Å². The van der Waals surface area contributed by atoms with Gasteiger partial charge in [-0.15, -0.1) is 5.10 Å². The van der Waals surface area contributed by atoms with Crippen LogP contribution in [0.4, 0.5) is 10.7 Å². The van der Waals surface area contributed by atoms with Crippen LogP contribution in [-0.2, 0) is 4.79 Å². The number of carboxylic acids is 1. The van der Waals surface area contributed by atoms with Gasteiger partial charge in [0.05, 0.1) is 11.4 Å². The highest BCUT2D eigenvalue weighted by Gasteiger charge is 2.18. The fourth-order valence-electron chi connectivity index (χ4n) is 1.14. The molecule has 0 aromatic carbocycles. The van der Waals surface area contributed by atoms with Crippen LogP contribution in [0.5, 0.6) is 0 Å². The van der Waals surface area contributed by atoms with Crippen molar-refractivity contribution >= 4 is 17.9 Å². The Bertz CT molecular complexity index is 463. The smallest absolute Gasteiger partial charge is 0.326 e. The Morgan fingerprint density at radius 2 is 1.94 bits per heavy atom. The number of carboxylic acid groups (broad SMARTS) is 1. The van der Waals surface area contributed by atoms with Crippen molar-refractivity contribution in [2.24, 2.45) is 0 Å². The van der Waals surface area contributed by atoms with Crippen LogP contribution < -0.4 is 10.6 Å². The number of carbonyl (C=O) groups excluding carboxylic acids is 1. The molecule has 0 bridgehead atoms. The molecule has 8 nitrogen and oxygen atoms in total. The molecule has 0 fully saturated rings. The fraction of sp³-hybridized carbons (Fsp3) is 0.500. The molecule has 1 atom stereocenters. The van der Waals surface area contributed by atoms with Gasteiger partial charge in [0.1, 0.15) is 6.04 Å². The maximum atomic E-state index is 11.5. The molecule has 1 rings (SSSR count). The van der Waals surface area contributed by atoms with Crippen LogP contribution in [0.1, 0.15) is 24.7 Å². The van der Waals surface area contributed by atoms with Gasteiger partial charge in [-0.05, 0) is 20.3 Å². The van der Waals surface area contributed by atoms with Crippen molar-refractivity contribution in [2.45, 2.75) is 33.2 Å². The van der Waals surface area contributed by atoms with E-state index >= 15 is 0 Å². The molecule has 3 N–H and O–H groups in total. The van der Waals surface area contributed by atoms with Crippen molar-refractivity contribution < 1.29 is 14.7 Å². The third kappa shape index (κ3) is 3.65. The van der Waals surface area contributed by atoms with Gasteiger partial charge in [0.2, 0.25) is 0 Å². The van der Waals surface area contributed by atoms with Gasteiger partial charge in [-0.1, -0.05) is 6.92 Å². The van der Waals surface area contributed by atoms with Crippen molar-refractivity contribution in [2.75, 3.05) is 5.32 Å². The Hall–Kier alpha value is -2.25. The molecule has 0 saturated heterocycles. The van der Waals surface area contributed by atoms with Crippen LogP contribution in [0.15, 0.2) is 0 Å². The first-order valence-corrected chi connectivity index (χ1v) is 5.42. The van der Waals surface area contributed by atoms with Gasteiger partial charge in [0.25, 0.3) is 5.95 Å². The Morgan fingerprint density at radius 3 is 2.44 bits per heavy atom. The Labute approximate surface area is 104 Å². The summed E-state index contributed by atoms with van der Waals surface area (Å²) in [7, 11) is 0. The van der Waals surface area contributed by atoms with Gasteiger partial charge in [-0.2, -0.15) is 5.10 Å². The first-order valence-electron chi connectivity index (χ1n) is 5.42. The standard InChI is InChI=1S/C10H15N5O3/c1-4-7(8(16)17)12-10(18)13-9-11-5(2)6(3)14-15-9/h7H,4H2,1-3H3,(H,16,17)(H2,11,12,13,15,18)/t7-/m0/s1. The molecule has 1 aromatic heterocycles. The van der Waals surface area contributed by atoms with E-state index < -0.39 is 18.0 Å². The molecule has 1 heterocycles. The second-order valence-corrected chi connectivity index (χ2v) is 3.70. The molecular weight excluding hydrogens is 238 g/mol. The number of urea groups is 1. The van der Waals surface area contributed by atoms with Gasteiger partial charge in [0, 0.05) is 0 Å². The first kappa shape index (κ1) is 13.8. The normalized spacial score (nSPS) is 11.7. The summed E-state index contributed by atoms with van der Waals surface area (Å²) >= 11 is 0. The predicted molar refractivity (Wildman–Crippen MR) is 63.2 cm³/mol. The minimum Gasteiger partial charge on any atom is -0.480 e. The van der Waals surface area contributed by atoms with E-state index in [0.29, 0.717) is 11.4 Å². The zero-order valence-corrected chi connectivity index (χ0v) is 10.4. The molecule has 2 amide bonds. The highest BCUT2D eigenvalue weighted by atomic mass is 16.4. The molecule has 8 heteroatoms. The summed E-state index contributed by atoms with van der Waals surface area (Å²) in [6, 6.07) is -1.61. The summed E-state index contributed by atoms with van der Waals surface area (Å²) in [6.07, 6.45) is 0.286. The van der Waals surface area contributed by atoms with Gasteiger partial charge < -0.3 is 10.4 Å². The minimum atomic E-state index is -1.09. The van der Waals surface area contributed by atoms with Crippen LogP contribution in [0.3, 0.4) is 0 Å². The average molecular weight is 253 g/mol. The van der Waals surface area contributed by atoms with Gasteiger partial charge in [-0.3, -0.25) is 5.32 Å². The molecule has 1 aromatic rings. The van der Waals surface area contributed by atoms with E-state index in [4.69, 9.17) is 5.11 Å². The Kier molecular flexibility index (Phi) is 4.52. The maximum absolute atomic E-state index is 11.5. The molecule has 0 aliphatic rings. The number of hydrogen-bond acceptors (Lipinski definition) is 5. The van der Waals surface area contributed by atoms with Crippen molar-refractivity contribution in [1.29, 1.82) is 0 Å². The summed E-state index contributed by atoms with van der Waals surface area (Å²) in [5, 5.41) is 20.9. The SMILES string of the molecule is CC[C@H](NC(=O)Nc1nnc(C)c(C)n1)C(=O)O. The number of aliphatic carboxylic acids is 1. The summed E-state index contributed by atoms with van der Waals surface area (Å²) < 4.78 is 0. The summed E-state index contributed by atoms with van der Waals surface area (Å²) in [4.78, 5) is 26.2. The molecule has 98 valence electrons. The molecular formula is C10H15N5O3. The van der Waals surface area contributed by atoms with Crippen molar-refractivity contribution in [3.63, 3.8) is 0 Å². The molecule has 0 spiro atoms. The van der Waals surface area contributed by atoms with Gasteiger partial charge >= 0.3 is 12.0 Å². The number of aryl methyl sites for hydroxylation is 2. The average Bonchev–Trinajstić information content (AvgIpc) is 2.30. The Balaban J connectivity index is 2.64. The van der Waals surface area contributed by atoms with E-state index in [0.717, 1.165) is 0 Å². The van der Waals surface area contributed by atoms with Crippen LogP contribution in [-0.4, -0.2) is 38.3 Å². The number of anilines is 1. The predicted octanol–water partition coefficient (Wildman–Crippen LogP) is 0.473. The van der Waals surface area contributed by atoms with Crippen molar-refractivity contribution in [1.82, 2.24) is 20.5 Å². The van der Waals surface area contributed by atoms with Crippen molar-refractivity contribution in [3.05, 3.63) is 11.4 Å². The lowest BCUT2D eigenvalue weighted by atomic mass is 10.2. The summed E-state index contributed by atoms with van der Waals surface area (Å²) in [6.45, 7) is 5.14. The van der Waals surface area contributed by atoms with E-state index in [1.54, 1.807) is 20.8 Å². The minimum absolute atomic E-state index is 0.0378. The van der Waals surface area contributed by atoms with E-state index in [1.807, 2.05) is 0 Å². The summed E-state index contributed by atoms with van der Waals surface area (Å²) in [5.41, 5.74) is 1.31. The lowest BCUT2D eigenvalue weighted by molar-refractivity contribution is -0.139. The lowest BCUT2D eigenvalue weighted by Gasteiger charge is -2.12. The maximum Gasteiger partial charge on any atom is 0.326 e. The highest BCUT2D eigenvalue weighted by molar-refractivity contribution is 5.90. The lowest BCUT2D eigenvalue weighted by Crippen LogP contribution is -2.42. The zero-order chi connectivity index (χ0) is 13.7. The number of nitrogens with zero attached hydrogens (tertiary/aromatic N) is 3. The molecule has 0 radical (unpaired) electrons. The van der Waals surface area contributed by atoms with Crippen LogP contribution in [0.25, 0.3) is 0 Å². The molecule has 0 aliphatic heterocycles. The number of aromatic nitrogens is 3. The van der Waals surface area contributed by atoms with E-state index in [2.05, 4.69) is 25.8 Å². The van der Waals surface area contributed by atoms with Crippen LogP contribution in [0.2, 0.25) is 0 Å². The number of hydrogen-bond donors (Lipinski definition) is 3. The molecule has 0 saturated carbocycles. The summed E-state index contributed by atoms with van der Waals surface area (Å²) in [5.74, 6) is -1.05. The third-order valence-corrected chi connectivity index (χ3v) is 2.33. The fourth-order valence-corrected chi connectivity index (χ4v) is 1.14. The first-order chi connectivity index (χ1) is 8.43. The monoisotopic (exact) mass is 253 g/mol. The van der Waals surface area contributed by atoms with E-state index in [1.165, 1.54) is 0 Å². The Morgan fingerprint density at radius 1 is 1.28 bits per heavy atom. The topological polar surface area (TPSA) is 117 Å². The highest BCUT2D eigenvalue weighted by Crippen LogP contribution is 2.02. The second-order valence-electron chi connectivity index (χ2n) is 3.70. The second kappa shape index (κ2) is 5.89. The van der Waals surface area contributed by atoms with Crippen LogP contribution >= 0.6 is 0 Å². The molecule has 18 heavy (non-hydrogen) atoms. The number of carbonyl (C=O) groups is 2. The van der Waals surface area contributed by atoms with E-state index in [9.17, 15) is 9.59 Å². The molecule has 0 unspecified atom stereocenters. The zero-order valence-electron chi connectivity index (χ0n) is 10.4. The largest absolute Gasteiger partial charge is 0.480 e. The molecule has 0 aliphatic carbocycles. The number of rotatable bonds is 4. The number of amides is 2. The van der Waals surface area contributed by atoms with E-state index in [-0.39, 0.29) is 12.4 Å². The van der Waals surface area contributed by atoms with Gasteiger partial charge in [-0.25, -0.2) is 14.6 Å². The third-order valence-electron chi connectivity index (χ3n) is 2.33. The van der Waals surface area contributed by atoms with Crippen LogP contribution in [0, 0.1) is 13.8 Å². The number of nitrogens with one attached hydrogen (secondary N) is 2. The quantitative estimate of drug-likeness (QED) is 0.718.